The van der Waals surface area contributed by atoms with E-state index in [0.717, 1.165) is 6.54 Å². The van der Waals surface area contributed by atoms with Crippen LogP contribution in [0.2, 0.25) is 0 Å². The zero-order valence-electron chi connectivity index (χ0n) is 5.78. The van der Waals surface area contributed by atoms with Crippen LogP contribution in [-0.4, -0.2) is 26.8 Å². The van der Waals surface area contributed by atoms with Crippen LogP contribution in [0, 0.1) is 0 Å². The van der Waals surface area contributed by atoms with Crippen LogP contribution in [0.5, 0.6) is 0 Å². The van der Waals surface area contributed by atoms with Crippen LogP contribution in [0.1, 0.15) is 6.92 Å². The highest BCUT2D eigenvalue weighted by molar-refractivity contribution is 5.09. The highest BCUT2D eigenvalue weighted by Gasteiger charge is 1.96. The molecule has 0 aliphatic rings. The number of nitrogen functional groups attached to an aromatic ring is 1. The lowest BCUT2D eigenvalue weighted by Crippen LogP contribution is -2.20. The molecule has 1 heterocycles. The van der Waals surface area contributed by atoms with Crippen molar-refractivity contribution in [2.75, 3.05) is 12.3 Å². The average Bonchev–Trinajstić information content (AvgIpc) is 2.31. The normalized spacial score (nSPS) is 10.1. The molecule has 1 rings (SSSR count). The maximum Gasteiger partial charge on any atom is 0.241 e. The lowest BCUT2D eigenvalue weighted by molar-refractivity contribution is 0.517. The minimum absolute atomic E-state index is 0.334. The summed E-state index contributed by atoms with van der Waals surface area (Å²) in [6.45, 7) is 3.44. The van der Waals surface area contributed by atoms with Gasteiger partial charge in [-0.2, -0.15) is 4.68 Å². The number of nitrogens with one attached hydrogen (secondary N) is 1. The molecule has 0 aliphatic heterocycles. The number of nitrogens with zero attached hydrogens (tertiary/aromatic N) is 4. The number of hydrogen-bond donors (Lipinski definition) is 2. The molecule has 0 fully saturated rings. The molecule has 6 nitrogen and oxygen atoms in total. The fourth-order valence-electron chi connectivity index (χ4n) is 0.542. The standard InChI is InChI=1S/C4H10N6/c1-2-6-3-10-4(5)7-8-9-10/h6H,2-3H2,1H3,(H2,5,7,9). The highest BCUT2D eigenvalue weighted by Crippen LogP contribution is 1.87. The van der Waals surface area contributed by atoms with Crippen LogP contribution < -0.4 is 11.1 Å². The van der Waals surface area contributed by atoms with Crippen molar-refractivity contribution in [1.29, 1.82) is 0 Å². The number of hydrogen-bond acceptors (Lipinski definition) is 5. The largest absolute Gasteiger partial charge is 0.367 e. The topological polar surface area (TPSA) is 81.7 Å². The molecule has 3 N–H and O–H groups in total. The molecule has 0 aromatic carbocycles. The number of aromatic nitrogens is 4. The third-order valence-electron chi connectivity index (χ3n) is 1.07. The summed E-state index contributed by atoms with van der Waals surface area (Å²) in [5, 5.41) is 13.5. The molecule has 0 atom stereocenters. The maximum atomic E-state index is 5.37. The molecular formula is C4H10N6. The minimum atomic E-state index is 0.334. The van der Waals surface area contributed by atoms with Gasteiger partial charge in [0.1, 0.15) is 0 Å². The van der Waals surface area contributed by atoms with Crippen LogP contribution in [0.3, 0.4) is 0 Å². The molecule has 10 heavy (non-hydrogen) atoms. The summed E-state index contributed by atoms with van der Waals surface area (Å²) in [4.78, 5) is 0. The van der Waals surface area contributed by atoms with Gasteiger partial charge in [0.05, 0.1) is 6.67 Å². The molecule has 56 valence electrons. The van der Waals surface area contributed by atoms with E-state index in [4.69, 9.17) is 5.73 Å². The lowest BCUT2D eigenvalue weighted by Gasteiger charge is -1.99. The van der Waals surface area contributed by atoms with Crippen LogP contribution in [0.4, 0.5) is 5.95 Å². The summed E-state index contributed by atoms with van der Waals surface area (Å²) >= 11 is 0. The molecule has 0 unspecified atom stereocenters. The van der Waals surface area contributed by atoms with Gasteiger partial charge in [0.25, 0.3) is 0 Å². The third-order valence-corrected chi connectivity index (χ3v) is 1.07. The SMILES string of the molecule is CCNCn1nnnc1N. The van der Waals surface area contributed by atoms with Gasteiger partial charge in [0.2, 0.25) is 5.95 Å². The van der Waals surface area contributed by atoms with E-state index in [1.165, 1.54) is 4.68 Å². The monoisotopic (exact) mass is 142 g/mol. The smallest absolute Gasteiger partial charge is 0.241 e. The molecular weight excluding hydrogens is 132 g/mol. The molecule has 0 aliphatic carbocycles. The van der Waals surface area contributed by atoms with Gasteiger partial charge in [-0.05, 0) is 17.0 Å². The van der Waals surface area contributed by atoms with Crippen molar-refractivity contribution in [2.45, 2.75) is 13.6 Å². The number of tetrazole rings is 1. The summed E-state index contributed by atoms with van der Waals surface area (Å²) < 4.78 is 1.49. The summed E-state index contributed by atoms with van der Waals surface area (Å²) in [6, 6.07) is 0. The van der Waals surface area contributed by atoms with E-state index >= 15 is 0 Å². The Morgan fingerprint density at radius 3 is 3.00 bits per heavy atom. The second-order valence-electron chi connectivity index (χ2n) is 1.80. The van der Waals surface area contributed by atoms with E-state index in [1.54, 1.807) is 0 Å². The van der Waals surface area contributed by atoms with Crippen molar-refractivity contribution >= 4 is 5.95 Å². The van der Waals surface area contributed by atoms with Gasteiger partial charge in [-0.25, -0.2) is 0 Å². The first-order chi connectivity index (χ1) is 4.84. The van der Waals surface area contributed by atoms with Gasteiger partial charge >= 0.3 is 0 Å². The Labute approximate surface area is 58.4 Å². The van der Waals surface area contributed by atoms with Crippen LogP contribution in [0.15, 0.2) is 0 Å². The first-order valence-corrected chi connectivity index (χ1v) is 3.07. The van der Waals surface area contributed by atoms with E-state index in [9.17, 15) is 0 Å². The van der Waals surface area contributed by atoms with E-state index < -0.39 is 0 Å². The highest BCUT2D eigenvalue weighted by atomic mass is 15.6. The average molecular weight is 142 g/mol. The molecule has 0 bridgehead atoms. The van der Waals surface area contributed by atoms with Crippen molar-refractivity contribution < 1.29 is 0 Å². The van der Waals surface area contributed by atoms with Crippen molar-refractivity contribution in [1.82, 2.24) is 25.5 Å². The Balaban J connectivity index is 2.49. The number of nitrogens with two attached hydrogens (primary N) is 1. The fraction of sp³-hybridized carbons (Fsp3) is 0.750. The summed E-state index contributed by atoms with van der Waals surface area (Å²) in [7, 11) is 0. The summed E-state index contributed by atoms with van der Waals surface area (Å²) in [5.41, 5.74) is 5.37. The predicted molar refractivity (Wildman–Crippen MR) is 35.9 cm³/mol. The third kappa shape index (κ3) is 1.41. The van der Waals surface area contributed by atoms with Gasteiger partial charge in [0, 0.05) is 0 Å². The zero-order valence-corrected chi connectivity index (χ0v) is 5.78. The van der Waals surface area contributed by atoms with Gasteiger partial charge < -0.3 is 5.73 Å². The first-order valence-electron chi connectivity index (χ1n) is 3.07. The van der Waals surface area contributed by atoms with Crippen molar-refractivity contribution in [3.8, 4) is 0 Å². The fourth-order valence-corrected chi connectivity index (χ4v) is 0.542. The second-order valence-corrected chi connectivity index (χ2v) is 1.80. The maximum absolute atomic E-state index is 5.37. The molecule has 6 heteroatoms. The Morgan fingerprint density at radius 2 is 2.50 bits per heavy atom. The van der Waals surface area contributed by atoms with Crippen LogP contribution >= 0.6 is 0 Å². The summed E-state index contributed by atoms with van der Waals surface area (Å²) in [5.74, 6) is 0.334. The molecule has 0 radical (unpaired) electrons. The minimum Gasteiger partial charge on any atom is -0.367 e. The van der Waals surface area contributed by atoms with Crippen LogP contribution in [0.25, 0.3) is 0 Å². The molecule has 0 saturated carbocycles. The van der Waals surface area contributed by atoms with Gasteiger partial charge in [-0.15, -0.1) is 0 Å². The van der Waals surface area contributed by atoms with Crippen molar-refractivity contribution in [2.24, 2.45) is 0 Å². The Kier molecular flexibility index (Phi) is 2.16. The van der Waals surface area contributed by atoms with Gasteiger partial charge in [-0.1, -0.05) is 12.0 Å². The molecule has 0 spiro atoms. The molecule has 0 saturated heterocycles. The second kappa shape index (κ2) is 3.11. The Bertz CT molecular complexity index is 193. The number of rotatable bonds is 3. The lowest BCUT2D eigenvalue weighted by atomic mass is 10.7. The van der Waals surface area contributed by atoms with Crippen molar-refractivity contribution in [3.63, 3.8) is 0 Å². The van der Waals surface area contributed by atoms with E-state index in [1.807, 2.05) is 6.92 Å². The van der Waals surface area contributed by atoms with E-state index in [-0.39, 0.29) is 0 Å². The quantitative estimate of drug-likeness (QED) is 0.555. The van der Waals surface area contributed by atoms with Crippen LogP contribution in [-0.2, 0) is 6.67 Å². The molecule has 1 aromatic rings. The van der Waals surface area contributed by atoms with Gasteiger partial charge in [0.15, 0.2) is 0 Å². The number of anilines is 1. The zero-order chi connectivity index (χ0) is 7.40. The van der Waals surface area contributed by atoms with E-state index in [0.29, 0.717) is 12.6 Å². The Morgan fingerprint density at radius 1 is 1.70 bits per heavy atom. The Hall–Kier alpha value is -1.17. The molecule has 0 amide bonds. The first kappa shape index (κ1) is 6.94. The van der Waals surface area contributed by atoms with E-state index in [2.05, 4.69) is 20.8 Å². The molecule has 1 aromatic heterocycles. The predicted octanol–water partition coefficient (Wildman–Crippen LogP) is -1.18. The summed E-state index contributed by atoms with van der Waals surface area (Å²) in [6.07, 6.45) is 0. The van der Waals surface area contributed by atoms with Gasteiger partial charge in [-0.3, -0.25) is 5.32 Å². The van der Waals surface area contributed by atoms with Crippen molar-refractivity contribution in [3.05, 3.63) is 0 Å².